The van der Waals surface area contributed by atoms with Gasteiger partial charge in [0.15, 0.2) is 0 Å². The zero-order valence-corrected chi connectivity index (χ0v) is 19.1. The zero-order valence-electron chi connectivity index (χ0n) is 18.3. The molecule has 3 heterocycles. The fraction of sp³-hybridized carbons (Fsp3) is 0.208. The van der Waals surface area contributed by atoms with Crippen LogP contribution in [0.25, 0.3) is 11.0 Å². The van der Waals surface area contributed by atoms with Crippen LogP contribution in [-0.4, -0.2) is 30.6 Å². The first-order chi connectivity index (χ1) is 16.3. The average Bonchev–Trinajstić information content (AvgIpc) is 3.22. The number of hydrogen-bond acceptors (Lipinski definition) is 7. The lowest BCUT2D eigenvalue weighted by Gasteiger charge is -2.36. The minimum atomic E-state index is -3.85. The molecule has 0 spiro atoms. The molecule has 9 nitrogen and oxygen atoms in total. The highest BCUT2D eigenvalue weighted by molar-refractivity contribution is 7.89. The lowest BCUT2D eigenvalue weighted by Crippen LogP contribution is -2.48. The van der Waals surface area contributed by atoms with Crippen molar-refractivity contribution in [2.45, 2.75) is 23.9 Å². The van der Waals surface area contributed by atoms with Gasteiger partial charge in [-0.3, -0.25) is 0 Å². The maximum atomic E-state index is 13.2. The van der Waals surface area contributed by atoms with Crippen molar-refractivity contribution in [1.82, 2.24) is 14.3 Å². The van der Waals surface area contributed by atoms with Crippen molar-refractivity contribution in [1.29, 1.82) is 5.26 Å². The van der Waals surface area contributed by atoms with Crippen LogP contribution in [-0.2, 0) is 30.0 Å². The number of aryl methyl sites for hydroxylation is 1. The number of imidazole rings is 1. The van der Waals surface area contributed by atoms with Gasteiger partial charge in [0.05, 0.1) is 35.1 Å². The van der Waals surface area contributed by atoms with Crippen LogP contribution in [0.3, 0.4) is 0 Å². The Hall–Kier alpha value is -3.94. The summed E-state index contributed by atoms with van der Waals surface area (Å²) in [6.07, 6.45) is 3.96. The van der Waals surface area contributed by atoms with Crippen molar-refractivity contribution in [3.05, 3.63) is 88.3 Å². The Balaban J connectivity index is 1.46. The van der Waals surface area contributed by atoms with Gasteiger partial charge in [-0.1, -0.05) is 0 Å². The molecule has 0 bridgehead atoms. The van der Waals surface area contributed by atoms with E-state index in [9.17, 15) is 18.5 Å². The number of sulfonamides is 1. The molecule has 10 heteroatoms. The average molecular weight is 476 g/mol. The number of anilines is 1. The van der Waals surface area contributed by atoms with E-state index in [2.05, 4.69) is 20.7 Å². The highest BCUT2D eigenvalue weighted by Crippen LogP contribution is 2.30. The molecule has 0 radical (unpaired) electrons. The van der Waals surface area contributed by atoms with Gasteiger partial charge in [0, 0.05) is 43.0 Å². The van der Waals surface area contributed by atoms with Gasteiger partial charge in [-0.05, 0) is 54.4 Å². The van der Waals surface area contributed by atoms with E-state index in [1.165, 1.54) is 30.3 Å². The molecular formula is C24H21N5O4S. The maximum absolute atomic E-state index is 13.2. The summed E-state index contributed by atoms with van der Waals surface area (Å²) >= 11 is 0. The van der Waals surface area contributed by atoms with Crippen molar-refractivity contribution in [3.63, 3.8) is 0 Å². The molecule has 1 aliphatic rings. The van der Waals surface area contributed by atoms with Gasteiger partial charge in [-0.2, -0.15) is 5.26 Å². The number of fused-ring (bicyclic) bond motifs is 2. The topological polar surface area (TPSA) is 121 Å². The number of nitrogens with zero attached hydrogens (tertiary/aromatic N) is 4. The van der Waals surface area contributed by atoms with Crippen LogP contribution in [0.1, 0.15) is 16.8 Å². The van der Waals surface area contributed by atoms with Gasteiger partial charge in [-0.15, -0.1) is 0 Å². The van der Waals surface area contributed by atoms with Gasteiger partial charge in [0.2, 0.25) is 10.0 Å². The molecule has 0 fully saturated rings. The molecule has 1 aliphatic heterocycles. The SMILES string of the molecule is Cn1cncc1CN1CC(NS(=O)(=O)c2ccc3oc(=O)ccc3c2)Cc2cc(C#N)ccc21. The smallest absolute Gasteiger partial charge is 0.336 e. The zero-order chi connectivity index (χ0) is 23.9. The van der Waals surface area contributed by atoms with Crippen LogP contribution in [0.15, 0.2) is 75.2 Å². The molecule has 1 atom stereocenters. The summed E-state index contributed by atoms with van der Waals surface area (Å²) in [5.74, 6) is 0. The van der Waals surface area contributed by atoms with Crippen LogP contribution < -0.4 is 15.2 Å². The highest BCUT2D eigenvalue weighted by atomic mass is 32.2. The molecule has 5 rings (SSSR count). The van der Waals surface area contributed by atoms with Crippen LogP contribution in [0, 0.1) is 11.3 Å². The molecule has 1 unspecified atom stereocenters. The summed E-state index contributed by atoms with van der Waals surface area (Å²) in [4.78, 5) is 17.8. The molecular weight excluding hydrogens is 454 g/mol. The Kier molecular flexibility index (Phi) is 5.43. The third kappa shape index (κ3) is 4.19. The third-order valence-corrected chi connectivity index (χ3v) is 7.47. The summed E-state index contributed by atoms with van der Waals surface area (Å²) in [5.41, 5.74) is 3.21. The Morgan fingerprint density at radius 2 is 2.06 bits per heavy atom. The molecule has 0 saturated heterocycles. The third-order valence-electron chi connectivity index (χ3n) is 5.95. The largest absolute Gasteiger partial charge is 0.423 e. The second-order valence-electron chi connectivity index (χ2n) is 8.31. The van der Waals surface area contributed by atoms with E-state index in [0.29, 0.717) is 36.0 Å². The van der Waals surface area contributed by atoms with E-state index < -0.39 is 21.7 Å². The summed E-state index contributed by atoms with van der Waals surface area (Å²) in [6, 6.07) is 14.4. The van der Waals surface area contributed by atoms with Crippen LogP contribution in [0.4, 0.5) is 5.69 Å². The van der Waals surface area contributed by atoms with Gasteiger partial charge < -0.3 is 13.9 Å². The molecule has 172 valence electrons. The fourth-order valence-corrected chi connectivity index (χ4v) is 5.55. The molecule has 0 amide bonds. The monoisotopic (exact) mass is 475 g/mol. The summed E-state index contributed by atoms with van der Waals surface area (Å²) in [7, 11) is -1.94. The Bertz CT molecular complexity index is 1600. The van der Waals surface area contributed by atoms with E-state index in [0.717, 1.165) is 16.9 Å². The molecule has 0 saturated carbocycles. The second-order valence-corrected chi connectivity index (χ2v) is 10.0. The molecule has 0 aliphatic carbocycles. The van der Waals surface area contributed by atoms with Crippen LogP contribution >= 0.6 is 0 Å². The first-order valence-electron chi connectivity index (χ1n) is 10.6. The van der Waals surface area contributed by atoms with E-state index in [4.69, 9.17) is 4.42 Å². The maximum Gasteiger partial charge on any atom is 0.336 e. The van der Waals surface area contributed by atoms with Crippen LogP contribution in [0.2, 0.25) is 0 Å². The Morgan fingerprint density at radius 1 is 1.21 bits per heavy atom. The second kappa shape index (κ2) is 8.44. The predicted molar refractivity (Wildman–Crippen MR) is 126 cm³/mol. The van der Waals surface area contributed by atoms with Crippen molar-refractivity contribution in [3.8, 4) is 6.07 Å². The lowest BCUT2D eigenvalue weighted by atomic mass is 9.96. The van der Waals surface area contributed by atoms with Gasteiger partial charge in [0.25, 0.3) is 0 Å². The number of nitriles is 1. The number of rotatable bonds is 5. The Labute approximate surface area is 195 Å². The van der Waals surface area contributed by atoms with Crippen molar-refractivity contribution >= 4 is 26.7 Å². The molecule has 1 N–H and O–H groups in total. The number of benzene rings is 2. The van der Waals surface area contributed by atoms with Gasteiger partial charge in [0.1, 0.15) is 5.58 Å². The van der Waals surface area contributed by atoms with Gasteiger partial charge in [-0.25, -0.2) is 22.9 Å². The summed E-state index contributed by atoms with van der Waals surface area (Å²) in [5, 5.41) is 9.86. The predicted octanol–water partition coefficient (Wildman–Crippen LogP) is 2.31. The van der Waals surface area contributed by atoms with Crippen LogP contribution in [0.5, 0.6) is 0 Å². The number of nitrogens with one attached hydrogen (secondary N) is 1. The van der Waals surface area contributed by atoms with Crippen molar-refractivity contribution in [2.24, 2.45) is 7.05 Å². The molecule has 4 aromatic rings. The highest BCUT2D eigenvalue weighted by Gasteiger charge is 2.29. The number of aromatic nitrogens is 2. The first kappa shape index (κ1) is 21.9. The van der Waals surface area contributed by atoms with E-state index in [1.54, 1.807) is 18.6 Å². The Morgan fingerprint density at radius 3 is 2.82 bits per heavy atom. The van der Waals surface area contributed by atoms with Gasteiger partial charge >= 0.3 is 5.63 Å². The molecule has 2 aromatic carbocycles. The fourth-order valence-electron chi connectivity index (χ4n) is 4.29. The lowest BCUT2D eigenvalue weighted by molar-refractivity contribution is 0.522. The van der Waals surface area contributed by atoms with E-state index >= 15 is 0 Å². The quantitative estimate of drug-likeness (QED) is 0.440. The first-order valence-corrected chi connectivity index (χ1v) is 12.1. The van der Waals surface area contributed by atoms with Crippen molar-refractivity contribution in [2.75, 3.05) is 11.4 Å². The van der Waals surface area contributed by atoms with E-state index in [1.807, 2.05) is 23.7 Å². The minimum absolute atomic E-state index is 0.0867. The number of hydrogen-bond donors (Lipinski definition) is 1. The van der Waals surface area contributed by atoms with E-state index in [-0.39, 0.29) is 4.90 Å². The summed E-state index contributed by atoms with van der Waals surface area (Å²) in [6.45, 7) is 0.994. The molecule has 34 heavy (non-hydrogen) atoms. The normalized spacial score (nSPS) is 15.8. The molecule has 2 aromatic heterocycles. The van der Waals surface area contributed by atoms with Crippen molar-refractivity contribution < 1.29 is 12.8 Å². The summed E-state index contributed by atoms with van der Waals surface area (Å²) < 4.78 is 36.3. The minimum Gasteiger partial charge on any atom is -0.423 e. The standard InChI is InChI=1S/C24H21N5O4S/c1-28-15-26-12-20(28)14-29-13-19(9-18-8-16(11-25)2-5-22(18)29)27-34(31,32)21-4-6-23-17(10-21)3-7-24(30)33-23/h2-8,10,12,15,19,27H,9,13-14H2,1H3.